The minimum absolute atomic E-state index is 0.0467. The summed E-state index contributed by atoms with van der Waals surface area (Å²) in [5, 5.41) is 8.55. The van der Waals surface area contributed by atoms with Crippen molar-refractivity contribution >= 4 is 32.7 Å². The van der Waals surface area contributed by atoms with Gasteiger partial charge in [-0.2, -0.15) is 10.1 Å². The van der Waals surface area contributed by atoms with E-state index in [1.165, 1.54) is 12.1 Å². The third kappa shape index (κ3) is 4.35. The molecule has 0 spiro atoms. The van der Waals surface area contributed by atoms with Crippen molar-refractivity contribution in [2.45, 2.75) is 26.3 Å². The number of carbonyl (C=O) groups excluding carboxylic acids is 1. The van der Waals surface area contributed by atoms with Gasteiger partial charge >= 0.3 is 0 Å². The maximum absolute atomic E-state index is 13.4. The van der Waals surface area contributed by atoms with Gasteiger partial charge in [0.25, 0.3) is 0 Å². The number of hydrogen-bond donors (Lipinski definition) is 1. The Labute approximate surface area is 201 Å². The van der Waals surface area contributed by atoms with Crippen LogP contribution >= 0.6 is 11.3 Å². The Morgan fingerprint density at radius 1 is 1.24 bits per heavy atom. The van der Waals surface area contributed by atoms with Gasteiger partial charge in [0.15, 0.2) is 10.8 Å². The second-order valence-electron chi connectivity index (χ2n) is 8.44. The molecule has 0 radical (unpaired) electrons. The molecule has 1 saturated heterocycles. The van der Waals surface area contributed by atoms with Crippen LogP contribution in [0.3, 0.4) is 0 Å². The second kappa shape index (κ2) is 9.42. The van der Waals surface area contributed by atoms with Crippen molar-refractivity contribution in [3.05, 3.63) is 65.6 Å². The number of amides is 1. The Morgan fingerprint density at radius 3 is 2.82 bits per heavy atom. The van der Waals surface area contributed by atoms with E-state index in [-0.39, 0.29) is 17.6 Å². The van der Waals surface area contributed by atoms with E-state index in [0.717, 1.165) is 57.6 Å². The number of hydrogen-bond acceptors (Lipinski definition) is 6. The van der Waals surface area contributed by atoms with Crippen LogP contribution in [0.15, 0.2) is 48.5 Å². The number of piperidine rings is 1. The summed E-state index contributed by atoms with van der Waals surface area (Å²) in [6.45, 7) is 3.87. The number of nitrogens with one attached hydrogen (secondary N) is 1. The highest BCUT2D eigenvalue weighted by Gasteiger charge is 2.28. The largest absolute Gasteiger partial charge is 0.496 e. The third-order valence-electron chi connectivity index (χ3n) is 6.16. The SMILES string of the molecule is COc1ccccc1CNC(=O)[C@H]1CCCN(c2nc3c(s2)c(C)nn3-c2ccc(F)cc2)C1. The number of anilines is 1. The average molecular weight is 480 g/mol. The number of nitrogens with zero attached hydrogens (tertiary/aromatic N) is 4. The molecule has 1 amide bonds. The first kappa shape index (κ1) is 22.3. The Bertz CT molecular complexity index is 1320. The number of rotatable bonds is 6. The Morgan fingerprint density at radius 2 is 2.03 bits per heavy atom. The fourth-order valence-corrected chi connectivity index (χ4v) is 5.38. The number of aryl methyl sites for hydroxylation is 1. The highest BCUT2D eigenvalue weighted by Crippen LogP contribution is 2.34. The Balaban J connectivity index is 1.31. The molecule has 1 N–H and O–H groups in total. The van der Waals surface area contributed by atoms with E-state index in [0.29, 0.717) is 13.1 Å². The number of ether oxygens (including phenoxy) is 1. The smallest absolute Gasteiger partial charge is 0.225 e. The zero-order valence-electron chi connectivity index (χ0n) is 19.1. The first-order valence-electron chi connectivity index (χ1n) is 11.3. The van der Waals surface area contributed by atoms with Crippen molar-refractivity contribution in [3.8, 4) is 11.4 Å². The lowest BCUT2D eigenvalue weighted by atomic mass is 9.97. The molecular weight excluding hydrogens is 453 g/mol. The van der Waals surface area contributed by atoms with Crippen molar-refractivity contribution in [2.75, 3.05) is 25.1 Å². The molecule has 0 bridgehead atoms. The van der Waals surface area contributed by atoms with Crippen LogP contribution < -0.4 is 15.0 Å². The molecular formula is C25H26FN5O2S. The van der Waals surface area contributed by atoms with Crippen LogP contribution in [0.25, 0.3) is 16.0 Å². The number of carbonyl (C=O) groups is 1. The molecule has 1 aliphatic heterocycles. The van der Waals surface area contributed by atoms with Gasteiger partial charge in [-0.25, -0.2) is 9.07 Å². The summed E-state index contributed by atoms with van der Waals surface area (Å²) in [6.07, 6.45) is 1.77. The van der Waals surface area contributed by atoms with Crippen LogP contribution in [0, 0.1) is 18.7 Å². The molecule has 176 valence electrons. The van der Waals surface area contributed by atoms with E-state index in [4.69, 9.17) is 9.72 Å². The van der Waals surface area contributed by atoms with E-state index < -0.39 is 0 Å². The van der Waals surface area contributed by atoms with Gasteiger partial charge in [-0.3, -0.25) is 4.79 Å². The lowest BCUT2D eigenvalue weighted by Gasteiger charge is -2.31. The summed E-state index contributed by atoms with van der Waals surface area (Å²) in [6, 6.07) is 13.9. The van der Waals surface area contributed by atoms with Gasteiger partial charge in [-0.15, -0.1) is 0 Å². The molecule has 5 rings (SSSR count). The molecule has 4 aromatic rings. The predicted molar refractivity (Wildman–Crippen MR) is 131 cm³/mol. The molecule has 2 aromatic heterocycles. The maximum atomic E-state index is 13.4. The Hall–Kier alpha value is -3.46. The molecule has 7 nitrogen and oxygen atoms in total. The van der Waals surface area contributed by atoms with E-state index in [1.54, 1.807) is 35.3 Å². The quantitative estimate of drug-likeness (QED) is 0.442. The van der Waals surface area contributed by atoms with E-state index in [9.17, 15) is 9.18 Å². The first-order chi connectivity index (χ1) is 16.5. The molecule has 1 atom stereocenters. The molecule has 0 unspecified atom stereocenters. The minimum atomic E-state index is -0.286. The Kier molecular flexibility index (Phi) is 6.19. The van der Waals surface area contributed by atoms with Crippen LogP contribution in [-0.4, -0.2) is 40.9 Å². The monoisotopic (exact) mass is 479 g/mol. The zero-order chi connectivity index (χ0) is 23.7. The van der Waals surface area contributed by atoms with Gasteiger partial charge in [0.2, 0.25) is 5.91 Å². The van der Waals surface area contributed by atoms with Crippen LogP contribution in [0.2, 0.25) is 0 Å². The van der Waals surface area contributed by atoms with Gasteiger partial charge in [0.1, 0.15) is 11.6 Å². The fraction of sp³-hybridized carbons (Fsp3) is 0.320. The molecule has 0 saturated carbocycles. The van der Waals surface area contributed by atoms with Gasteiger partial charge < -0.3 is 15.0 Å². The average Bonchev–Trinajstić information content (AvgIpc) is 3.44. The van der Waals surface area contributed by atoms with Gasteiger partial charge in [-0.1, -0.05) is 29.5 Å². The lowest BCUT2D eigenvalue weighted by Crippen LogP contribution is -2.43. The number of halogens is 1. The van der Waals surface area contributed by atoms with Gasteiger partial charge in [0, 0.05) is 25.2 Å². The van der Waals surface area contributed by atoms with Crippen LogP contribution in [-0.2, 0) is 11.3 Å². The zero-order valence-corrected chi connectivity index (χ0v) is 19.9. The van der Waals surface area contributed by atoms with Crippen molar-refractivity contribution in [3.63, 3.8) is 0 Å². The molecule has 1 fully saturated rings. The molecule has 2 aromatic carbocycles. The van der Waals surface area contributed by atoms with E-state index >= 15 is 0 Å². The predicted octanol–water partition coefficient (Wildman–Crippen LogP) is 4.47. The summed E-state index contributed by atoms with van der Waals surface area (Å²) >= 11 is 1.59. The van der Waals surface area contributed by atoms with Crippen molar-refractivity contribution in [1.29, 1.82) is 0 Å². The number of fused-ring (bicyclic) bond motifs is 1. The maximum Gasteiger partial charge on any atom is 0.225 e. The van der Waals surface area contributed by atoms with Crippen LogP contribution in [0.4, 0.5) is 9.52 Å². The molecule has 3 heterocycles. The van der Waals surface area contributed by atoms with Crippen LogP contribution in [0.5, 0.6) is 5.75 Å². The second-order valence-corrected chi connectivity index (χ2v) is 9.42. The first-order valence-corrected chi connectivity index (χ1v) is 12.1. The summed E-state index contributed by atoms with van der Waals surface area (Å²) < 4.78 is 21.5. The molecule has 1 aliphatic rings. The minimum Gasteiger partial charge on any atom is -0.496 e. The third-order valence-corrected chi connectivity index (χ3v) is 7.37. The van der Waals surface area contributed by atoms with Crippen molar-refractivity contribution < 1.29 is 13.9 Å². The van der Waals surface area contributed by atoms with E-state index in [1.807, 2.05) is 31.2 Å². The van der Waals surface area contributed by atoms with Gasteiger partial charge in [-0.05, 0) is 50.1 Å². The number of para-hydroxylation sites is 1. The van der Waals surface area contributed by atoms with E-state index in [2.05, 4.69) is 15.3 Å². The topological polar surface area (TPSA) is 72.3 Å². The number of methoxy groups -OCH3 is 1. The standard InChI is InChI=1S/C25H26FN5O2S/c1-16-22-23(31(29-16)20-11-9-19(26)10-12-20)28-25(34-22)30-13-5-7-18(15-30)24(32)27-14-17-6-3-4-8-21(17)33-2/h3-4,6,8-12,18H,5,7,13-15H2,1-2H3,(H,27,32)/t18-/m0/s1. The highest BCUT2D eigenvalue weighted by molar-refractivity contribution is 7.22. The van der Waals surface area contributed by atoms with Gasteiger partial charge in [0.05, 0.1) is 29.1 Å². The lowest BCUT2D eigenvalue weighted by molar-refractivity contribution is -0.125. The summed E-state index contributed by atoms with van der Waals surface area (Å²) in [5.41, 5.74) is 3.36. The van der Waals surface area contributed by atoms with Crippen molar-refractivity contribution in [2.24, 2.45) is 5.92 Å². The fourth-order valence-electron chi connectivity index (χ4n) is 4.36. The molecule has 9 heteroatoms. The normalized spacial score (nSPS) is 16.1. The summed E-state index contributed by atoms with van der Waals surface area (Å²) in [4.78, 5) is 20.0. The highest BCUT2D eigenvalue weighted by atomic mass is 32.1. The van der Waals surface area contributed by atoms with Crippen LogP contribution in [0.1, 0.15) is 24.1 Å². The molecule has 34 heavy (non-hydrogen) atoms. The number of thiazole rings is 1. The summed E-state index contributed by atoms with van der Waals surface area (Å²) in [7, 11) is 1.63. The number of aromatic nitrogens is 3. The summed E-state index contributed by atoms with van der Waals surface area (Å²) in [5.74, 6) is 0.426. The van der Waals surface area contributed by atoms with Crippen molar-refractivity contribution in [1.82, 2.24) is 20.1 Å². The molecule has 0 aliphatic carbocycles. The number of benzene rings is 2.